The molecule has 0 bridgehead atoms. The Morgan fingerprint density at radius 2 is 1.88 bits per heavy atom. The number of hydrogen-bond acceptors (Lipinski definition) is 3. The van der Waals surface area contributed by atoms with Crippen molar-refractivity contribution in [2.45, 2.75) is 13.8 Å². The first-order valence-electron chi connectivity index (χ1n) is 5.20. The van der Waals surface area contributed by atoms with Gasteiger partial charge >= 0.3 is 6.03 Å². The first-order chi connectivity index (χ1) is 8.13. The summed E-state index contributed by atoms with van der Waals surface area (Å²) >= 11 is 0. The number of amides is 2. The largest absolute Gasteiger partial charge is 0.338 e. The highest BCUT2D eigenvalue weighted by Gasteiger charge is 2.05. The van der Waals surface area contributed by atoms with Crippen LogP contribution in [0.25, 0.3) is 0 Å². The van der Waals surface area contributed by atoms with E-state index in [1.165, 1.54) is 6.20 Å². The van der Waals surface area contributed by atoms with Gasteiger partial charge in [-0.25, -0.2) is 4.79 Å². The van der Waals surface area contributed by atoms with E-state index >= 15 is 0 Å². The lowest BCUT2D eigenvalue weighted by atomic mass is 10.1. The maximum atomic E-state index is 11.6. The molecule has 1 aromatic heterocycles. The van der Waals surface area contributed by atoms with Gasteiger partial charge < -0.3 is 9.84 Å². The van der Waals surface area contributed by atoms with Gasteiger partial charge in [0.2, 0.25) is 5.88 Å². The van der Waals surface area contributed by atoms with Crippen LogP contribution in [0.2, 0.25) is 0 Å². The molecule has 2 aromatic rings. The molecule has 0 unspecified atom stereocenters. The van der Waals surface area contributed by atoms with Crippen molar-refractivity contribution < 1.29 is 9.32 Å². The molecule has 17 heavy (non-hydrogen) atoms. The number of nitrogens with zero attached hydrogens (tertiary/aromatic N) is 1. The molecular weight excluding hydrogens is 218 g/mol. The van der Waals surface area contributed by atoms with Crippen LogP contribution in [0.3, 0.4) is 0 Å². The van der Waals surface area contributed by atoms with E-state index in [-0.39, 0.29) is 6.03 Å². The lowest BCUT2D eigenvalue weighted by molar-refractivity contribution is 0.261. The predicted octanol–water partition coefficient (Wildman–Crippen LogP) is 2.94. The summed E-state index contributed by atoms with van der Waals surface area (Å²) in [5, 5.41) is 8.75. The monoisotopic (exact) mass is 231 g/mol. The molecule has 5 nitrogen and oxygen atoms in total. The zero-order chi connectivity index (χ0) is 12.3. The molecule has 88 valence electrons. The minimum absolute atomic E-state index is 0.312. The molecule has 2 N–H and O–H groups in total. The third kappa shape index (κ3) is 3.07. The fraction of sp³-hybridized carbons (Fsp3) is 0.167. The van der Waals surface area contributed by atoms with Crippen LogP contribution >= 0.6 is 0 Å². The van der Waals surface area contributed by atoms with Gasteiger partial charge in [0.15, 0.2) is 0 Å². The van der Waals surface area contributed by atoms with Crippen molar-refractivity contribution in [3.8, 4) is 0 Å². The summed E-state index contributed by atoms with van der Waals surface area (Å²) in [5.74, 6) is 0.312. The number of anilines is 2. The number of nitrogens with one attached hydrogen (secondary N) is 2. The highest BCUT2D eigenvalue weighted by atomic mass is 16.5. The maximum Gasteiger partial charge on any atom is 0.326 e. The van der Waals surface area contributed by atoms with Crippen LogP contribution in [0.4, 0.5) is 16.4 Å². The molecule has 0 saturated heterocycles. The zero-order valence-corrected chi connectivity index (χ0v) is 9.65. The van der Waals surface area contributed by atoms with Gasteiger partial charge in [-0.2, -0.15) is 0 Å². The smallest absolute Gasteiger partial charge is 0.326 e. The van der Waals surface area contributed by atoms with Crippen LogP contribution in [-0.2, 0) is 0 Å². The highest BCUT2D eigenvalue weighted by Crippen LogP contribution is 2.14. The lowest BCUT2D eigenvalue weighted by Crippen LogP contribution is -2.19. The minimum atomic E-state index is -0.355. The van der Waals surface area contributed by atoms with Gasteiger partial charge in [0.05, 0.1) is 6.20 Å². The van der Waals surface area contributed by atoms with Gasteiger partial charge in [-0.1, -0.05) is 11.2 Å². The van der Waals surface area contributed by atoms with Gasteiger partial charge in [0.25, 0.3) is 0 Å². The molecule has 0 spiro atoms. The standard InChI is InChI=1S/C12H13N3O2/c1-8-5-9(2)7-10(6-8)14-12(16)15-11-3-4-13-17-11/h3-7H,1-2H3,(H2,14,15,16). The number of hydrogen-bond donors (Lipinski definition) is 2. The second-order valence-corrected chi connectivity index (χ2v) is 3.83. The molecule has 0 saturated carbocycles. The molecular formula is C12H13N3O2. The summed E-state index contributed by atoms with van der Waals surface area (Å²) < 4.78 is 4.77. The topological polar surface area (TPSA) is 67.2 Å². The lowest BCUT2D eigenvalue weighted by Gasteiger charge is -2.07. The van der Waals surface area contributed by atoms with Gasteiger partial charge in [-0.3, -0.25) is 5.32 Å². The quantitative estimate of drug-likeness (QED) is 0.835. The van der Waals surface area contributed by atoms with Crippen LogP contribution in [-0.4, -0.2) is 11.2 Å². The van der Waals surface area contributed by atoms with Gasteiger partial charge in [-0.05, 0) is 37.1 Å². The van der Waals surface area contributed by atoms with Crippen molar-refractivity contribution in [1.82, 2.24) is 5.16 Å². The summed E-state index contributed by atoms with van der Waals surface area (Å²) in [5.41, 5.74) is 2.94. The van der Waals surface area contributed by atoms with E-state index in [2.05, 4.69) is 15.8 Å². The van der Waals surface area contributed by atoms with E-state index in [0.717, 1.165) is 16.8 Å². The Hall–Kier alpha value is -2.30. The molecule has 0 aliphatic rings. The van der Waals surface area contributed by atoms with Crippen LogP contribution in [0.1, 0.15) is 11.1 Å². The fourth-order valence-corrected chi connectivity index (χ4v) is 1.60. The first kappa shape index (κ1) is 11.2. The Balaban J connectivity index is 2.03. The highest BCUT2D eigenvalue weighted by molar-refractivity contribution is 5.98. The Morgan fingerprint density at radius 3 is 2.47 bits per heavy atom. The molecule has 2 amide bonds. The molecule has 0 radical (unpaired) electrons. The SMILES string of the molecule is Cc1cc(C)cc(NC(=O)Nc2ccno2)c1. The molecule has 0 aliphatic heterocycles. The number of aryl methyl sites for hydroxylation is 2. The summed E-state index contributed by atoms with van der Waals surface area (Å²) in [6.07, 6.45) is 1.46. The van der Waals surface area contributed by atoms with Gasteiger partial charge in [-0.15, -0.1) is 0 Å². The number of carbonyl (C=O) groups is 1. The van der Waals surface area contributed by atoms with E-state index in [1.807, 2.05) is 32.0 Å². The molecule has 2 rings (SSSR count). The van der Waals surface area contributed by atoms with E-state index < -0.39 is 0 Å². The number of benzene rings is 1. The van der Waals surface area contributed by atoms with Gasteiger partial charge in [0, 0.05) is 11.8 Å². The number of urea groups is 1. The van der Waals surface area contributed by atoms with Crippen molar-refractivity contribution in [1.29, 1.82) is 0 Å². The van der Waals surface area contributed by atoms with E-state index in [4.69, 9.17) is 4.52 Å². The van der Waals surface area contributed by atoms with Crippen molar-refractivity contribution in [3.63, 3.8) is 0 Å². The van der Waals surface area contributed by atoms with Crippen molar-refractivity contribution >= 4 is 17.6 Å². The van der Waals surface area contributed by atoms with E-state index in [1.54, 1.807) is 6.07 Å². The summed E-state index contributed by atoms with van der Waals surface area (Å²) in [4.78, 5) is 11.6. The summed E-state index contributed by atoms with van der Waals surface area (Å²) in [7, 11) is 0. The molecule has 0 fully saturated rings. The Labute approximate surface area is 98.8 Å². The average Bonchev–Trinajstić information content (AvgIpc) is 2.67. The van der Waals surface area contributed by atoms with Crippen LogP contribution in [0.5, 0.6) is 0 Å². The second kappa shape index (κ2) is 4.69. The molecule has 5 heteroatoms. The molecule has 1 aromatic carbocycles. The Bertz CT molecular complexity index is 500. The van der Waals surface area contributed by atoms with Crippen LogP contribution in [0, 0.1) is 13.8 Å². The maximum absolute atomic E-state index is 11.6. The fourth-order valence-electron chi connectivity index (χ4n) is 1.60. The van der Waals surface area contributed by atoms with Crippen LogP contribution in [0.15, 0.2) is 35.0 Å². The summed E-state index contributed by atoms with van der Waals surface area (Å²) in [6.45, 7) is 3.96. The van der Waals surface area contributed by atoms with Crippen molar-refractivity contribution in [2.75, 3.05) is 10.6 Å². The van der Waals surface area contributed by atoms with Gasteiger partial charge in [0.1, 0.15) is 0 Å². The minimum Gasteiger partial charge on any atom is -0.338 e. The molecule has 0 atom stereocenters. The summed E-state index contributed by atoms with van der Waals surface area (Å²) in [6, 6.07) is 7.05. The van der Waals surface area contributed by atoms with E-state index in [0.29, 0.717) is 5.88 Å². The number of carbonyl (C=O) groups excluding carboxylic acids is 1. The molecule has 0 aliphatic carbocycles. The zero-order valence-electron chi connectivity index (χ0n) is 9.65. The number of rotatable bonds is 2. The third-order valence-electron chi connectivity index (χ3n) is 2.15. The average molecular weight is 231 g/mol. The Morgan fingerprint density at radius 1 is 1.18 bits per heavy atom. The van der Waals surface area contributed by atoms with E-state index in [9.17, 15) is 4.79 Å². The number of aromatic nitrogens is 1. The van der Waals surface area contributed by atoms with Crippen molar-refractivity contribution in [3.05, 3.63) is 41.6 Å². The normalized spacial score (nSPS) is 10.0. The second-order valence-electron chi connectivity index (χ2n) is 3.83. The Kier molecular flexibility index (Phi) is 3.09. The third-order valence-corrected chi connectivity index (χ3v) is 2.15. The predicted molar refractivity (Wildman–Crippen MR) is 65.1 cm³/mol. The van der Waals surface area contributed by atoms with Crippen molar-refractivity contribution in [2.24, 2.45) is 0 Å². The molecule has 1 heterocycles. The first-order valence-corrected chi connectivity index (χ1v) is 5.20. The van der Waals surface area contributed by atoms with Crippen LogP contribution < -0.4 is 10.6 Å².